The number of phosphoric ester groups is 1. The first-order chi connectivity index (χ1) is 24.3. The number of aliphatic hydroxyl groups excluding tert-OH is 5. The van der Waals surface area contributed by atoms with Crippen LogP contribution in [0, 0.1) is 0 Å². The van der Waals surface area contributed by atoms with Gasteiger partial charge in [0.1, 0.15) is 53.7 Å². The Morgan fingerprint density at radius 3 is 2.52 bits per heavy atom. The number of ether oxygens (including phenoxy) is 2. The predicted molar refractivity (Wildman–Crippen MR) is 168 cm³/mol. The molecule has 3 fully saturated rings. The number of carbonyl (C=O) groups is 2. The van der Waals surface area contributed by atoms with Gasteiger partial charge in [0.25, 0.3) is 5.79 Å². The topological polar surface area (TPSA) is 354 Å². The van der Waals surface area contributed by atoms with E-state index in [1.54, 1.807) is 0 Å². The normalized spacial score (nSPS) is 32.8. The number of amides is 1. The van der Waals surface area contributed by atoms with Gasteiger partial charge in [0.15, 0.2) is 6.23 Å². The van der Waals surface area contributed by atoms with Crippen molar-refractivity contribution >= 4 is 25.5 Å². The van der Waals surface area contributed by atoms with E-state index in [2.05, 4.69) is 20.6 Å². The van der Waals surface area contributed by atoms with Gasteiger partial charge in [-0.1, -0.05) is 24.5 Å². The molecule has 2 aromatic heterocycles. The van der Waals surface area contributed by atoms with Crippen molar-refractivity contribution in [3.63, 3.8) is 0 Å². The second-order valence-electron chi connectivity index (χ2n) is 13.1. The Labute approximate surface area is 294 Å². The molecule has 2 saturated heterocycles. The molecule has 1 unspecified atom stereocenters. The van der Waals surface area contributed by atoms with Crippen LogP contribution in [0.1, 0.15) is 57.4 Å². The van der Waals surface area contributed by atoms with Crippen molar-refractivity contribution in [2.75, 3.05) is 12.3 Å². The molecular weight excluding hydrogens is 721 g/mol. The number of aliphatic hydroxyl groups is 6. The molecule has 24 heteroatoms. The van der Waals surface area contributed by atoms with Crippen LogP contribution in [0.25, 0.3) is 0 Å². The number of carbonyl (C=O) groups excluding carboxylic acids is 1. The first-order valence-electron chi connectivity index (χ1n) is 16.2. The summed E-state index contributed by atoms with van der Waals surface area (Å²) < 4.78 is 35.8. The highest BCUT2D eigenvalue weighted by molar-refractivity contribution is 7.47. The van der Waals surface area contributed by atoms with Crippen LogP contribution < -0.4 is 16.7 Å². The Balaban J connectivity index is 1.30. The largest absolute Gasteiger partial charge is 0.477 e. The summed E-state index contributed by atoms with van der Waals surface area (Å²) in [6, 6.07) is -0.376. The van der Waals surface area contributed by atoms with Crippen LogP contribution in [0.4, 0.5) is 5.82 Å². The van der Waals surface area contributed by atoms with Crippen molar-refractivity contribution < 1.29 is 73.3 Å². The zero-order chi connectivity index (χ0) is 38.2. The molecule has 11 N–H and O–H groups in total. The molecule has 2 aromatic rings. The van der Waals surface area contributed by atoms with Crippen LogP contribution in [-0.4, -0.2) is 138 Å². The molecule has 0 aromatic carbocycles. The van der Waals surface area contributed by atoms with E-state index in [0.29, 0.717) is 12.8 Å². The van der Waals surface area contributed by atoms with Crippen molar-refractivity contribution in [2.45, 2.75) is 118 Å². The predicted octanol–water partition coefficient (Wildman–Crippen LogP) is -3.82. The Bertz CT molecular complexity index is 1710. The van der Waals surface area contributed by atoms with Crippen molar-refractivity contribution in [3.8, 4) is 0 Å². The van der Waals surface area contributed by atoms with Crippen molar-refractivity contribution in [3.05, 3.63) is 34.6 Å². The summed E-state index contributed by atoms with van der Waals surface area (Å²) in [5.41, 5.74) is 3.52. The van der Waals surface area contributed by atoms with Crippen LogP contribution in [0.15, 0.2) is 23.3 Å². The fourth-order valence-corrected chi connectivity index (χ4v) is 7.46. The Hall–Kier alpha value is -3.45. The SMILES string of the molecule is CC(=O)N[C@H]1[C@H]([C@H](O)[C@H](O)Cn2cc(C3(O)CCCCC3)nn2)O[C@](OP(=O)(O)OC[C@H]2O[C@@H](n3ccc(N)nc3=O)[C@H](O)[C@@H]2O)(C(=O)O)C[C@@H]1O. The zero-order valence-corrected chi connectivity index (χ0v) is 28.6. The third kappa shape index (κ3) is 8.51. The number of nitrogens with zero attached hydrogens (tertiary/aromatic N) is 5. The second-order valence-corrected chi connectivity index (χ2v) is 14.4. The molecule has 290 valence electrons. The van der Waals surface area contributed by atoms with Crippen molar-refractivity contribution in [2.24, 2.45) is 0 Å². The summed E-state index contributed by atoms with van der Waals surface area (Å²) in [5.74, 6) is -6.22. The number of aliphatic carboxylic acids is 1. The summed E-state index contributed by atoms with van der Waals surface area (Å²) in [7, 11) is -5.58. The number of hydrogen-bond acceptors (Lipinski definition) is 18. The number of nitrogen functional groups attached to an aromatic ring is 1. The highest BCUT2D eigenvalue weighted by Crippen LogP contribution is 2.51. The van der Waals surface area contributed by atoms with Gasteiger partial charge in [-0.25, -0.2) is 23.4 Å². The van der Waals surface area contributed by atoms with E-state index in [9.17, 15) is 59.6 Å². The Kier molecular flexibility index (Phi) is 11.8. The Morgan fingerprint density at radius 1 is 1.19 bits per heavy atom. The van der Waals surface area contributed by atoms with Crippen LogP contribution >= 0.6 is 7.82 Å². The summed E-state index contributed by atoms with van der Waals surface area (Å²) in [6.07, 6.45) is -9.86. The van der Waals surface area contributed by atoms with Gasteiger partial charge >= 0.3 is 19.5 Å². The van der Waals surface area contributed by atoms with E-state index in [1.165, 1.54) is 12.3 Å². The third-order valence-corrected chi connectivity index (χ3v) is 10.2. The average Bonchev–Trinajstić information content (AvgIpc) is 3.65. The lowest BCUT2D eigenvalue weighted by Crippen LogP contribution is -2.67. The smallest absolute Gasteiger partial charge is 0.475 e. The molecule has 23 nitrogen and oxygen atoms in total. The number of carboxylic acids is 1. The monoisotopic (exact) mass is 763 g/mol. The van der Waals surface area contributed by atoms with Gasteiger partial charge in [0.05, 0.1) is 31.5 Å². The molecule has 4 heterocycles. The van der Waals surface area contributed by atoms with E-state index < -0.39 is 111 Å². The van der Waals surface area contributed by atoms with Gasteiger partial charge in [0, 0.05) is 19.5 Å². The molecule has 0 spiro atoms. The lowest BCUT2D eigenvalue weighted by molar-refractivity contribution is -0.288. The number of rotatable bonds is 13. The molecule has 11 atom stereocenters. The number of aromatic nitrogens is 5. The van der Waals surface area contributed by atoms with E-state index >= 15 is 0 Å². The second kappa shape index (κ2) is 15.5. The summed E-state index contributed by atoms with van der Waals surface area (Å²) >= 11 is 0. The first-order valence-corrected chi connectivity index (χ1v) is 17.7. The average molecular weight is 764 g/mol. The van der Waals surface area contributed by atoms with E-state index in [0.717, 1.165) is 41.6 Å². The summed E-state index contributed by atoms with van der Waals surface area (Å²) in [5, 5.41) is 85.4. The fourth-order valence-electron chi connectivity index (χ4n) is 6.50. The maximum atomic E-state index is 13.1. The molecule has 5 rings (SSSR count). The fraction of sp³-hybridized carbons (Fsp3) is 0.714. The van der Waals surface area contributed by atoms with Crippen LogP contribution in [0.2, 0.25) is 0 Å². The minimum Gasteiger partial charge on any atom is -0.477 e. The van der Waals surface area contributed by atoms with Crippen molar-refractivity contribution in [1.29, 1.82) is 0 Å². The van der Waals surface area contributed by atoms with Crippen molar-refractivity contribution in [1.82, 2.24) is 29.9 Å². The summed E-state index contributed by atoms with van der Waals surface area (Å²) in [4.78, 5) is 50.9. The number of phosphoric acid groups is 1. The minimum atomic E-state index is -5.58. The number of nitrogens with two attached hydrogens (primary N) is 1. The van der Waals surface area contributed by atoms with Gasteiger partial charge in [-0.15, -0.1) is 5.10 Å². The highest BCUT2D eigenvalue weighted by atomic mass is 31.2. The maximum absolute atomic E-state index is 13.1. The highest BCUT2D eigenvalue weighted by Gasteiger charge is 2.59. The van der Waals surface area contributed by atoms with Gasteiger partial charge in [-0.3, -0.25) is 13.9 Å². The van der Waals surface area contributed by atoms with E-state index in [-0.39, 0.29) is 11.5 Å². The molecule has 0 bridgehead atoms. The van der Waals surface area contributed by atoms with Crippen LogP contribution in [0.5, 0.6) is 0 Å². The van der Waals surface area contributed by atoms with E-state index in [4.69, 9.17) is 24.3 Å². The van der Waals surface area contributed by atoms with Gasteiger partial charge in [-0.05, 0) is 18.9 Å². The molecule has 3 aliphatic rings. The van der Waals surface area contributed by atoms with Crippen LogP contribution in [0.3, 0.4) is 0 Å². The molecule has 0 radical (unpaired) electrons. The van der Waals surface area contributed by atoms with Crippen LogP contribution in [-0.2, 0) is 44.8 Å². The molecule has 1 amide bonds. The molecular formula is C28H42N7O16P. The minimum absolute atomic E-state index is 0.137. The Morgan fingerprint density at radius 2 is 1.88 bits per heavy atom. The quantitative estimate of drug-likeness (QED) is 0.0874. The standard InChI is InChI=1S/C28H42N7O16P/c1-13(36)30-19-14(37)9-28(25(42)43,50-23(19)20(39)15(38)10-34-11-17(32-33-34)27(45)6-3-2-4-7-27)51-52(46,47)48-12-16-21(40)22(41)24(49-16)35-8-5-18(29)31-26(35)44/h5,8,11,14-16,19-24,37-41,45H,2-4,6-7,9-10,12H2,1H3,(H,30,36)(H,42,43)(H,46,47)(H2,29,31,44)/t14-,15+,16+,19+,20+,21+,22+,23+,24+,28+/m0/s1. The number of nitrogens with one attached hydrogen (secondary N) is 1. The molecule has 1 aliphatic carbocycles. The van der Waals surface area contributed by atoms with Gasteiger partial charge in [-0.2, -0.15) is 4.98 Å². The molecule has 2 aliphatic heterocycles. The maximum Gasteiger partial charge on any atom is 0.475 e. The summed E-state index contributed by atoms with van der Waals surface area (Å²) in [6.45, 7) is -0.469. The number of carboxylic acid groups (broad SMARTS) is 1. The zero-order valence-electron chi connectivity index (χ0n) is 27.7. The molecule has 1 saturated carbocycles. The van der Waals surface area contributed by atoms with E-state index in [1.807, 2.05) is 0 Å². The third-order valence-electron chi connectivity index (χ3n) is 9.20. The molecule has 52 heavy (non-hydrogen) atoms. The number of anilines is 1. The number of hydrogen-bond donors (Lipinski definition) is 10. The van der Waals surface area contributed by atoms with Gasteiger partial charge < -0.3 is 61.2 Å². The lowest BCUT2D eigenvalue weighted by Gasteiger charge is -2.46. The van der Waals surface area contributed by atoms with Gasteiger partial charge in [0.2, 0.25) is 5.91 Å². The first kappa shape index (κ1) is 39.8. The lowest BCUT2D eigenvalue weighted by atomic mass is 9.83.